The van der Waals surface area contributed by atoms with E-state index in [9.17, 15) is 9.59 Å². The van der Waals surface area contributed by atoms with Crippen molar-refractivity contribution in [1.29, 1.82) is 0 Å². The number of benzene rings is 2. The van der Waals surface area contributed by atoms with E-state index in [1.807, 2.05) is 26.2 Å². The first-order chi connectivity index (χ1) is 15.7. The van der Waals surface area contributed by atoms with Crippen molar-refractivity contribution < 1.29 is 14.3 Å². The average molecular weight is 493 g/mol. The normalized spacial score (nSPS) is 14.5. The van der Waals surface area contributed by atoms with Crippen LogP contribution in [0.5, 0.6) is 0 Å². The third-order valence-corrected chi connectivity index (χ3v) is 6.39. The van der Waals surface area contributed by atoms with E-state index in [2.05, 4.69) is 24.1 Å². The molecule has 1 N–H and O–H groups in total. The molecule has 2 aromatic carbocycles. The van der Waals surface area contributed by atoms with Gasteiger partial charge in [0.2, 0.25) is 0 Å². The van der Waals surface area contributed by atoms with Crippen LogP contribution in [-0.2, 0) is 11.3 Å². The molecule has 1 atom stereocenters. The summed E-state index contributed by atoms with van der Waals surface area (Å²) in [5.41, 5.74) is 2.16. The average Bonchev–Trinajstić information content (AvgIpc) is 3.19. The number of nitrogens with zero attached hydrogens (tertiary/aromatic N) is 3. The second-order valence-corrected chi connectivity index (χ2v) is 9.46. The van der Waals surface area contributed by atoms with E-state index in [4.69, 9.17) is 27.9 Å². The van der Waals surface area contributed by atoms with Crippen molar-refractivity contribution in [3.05, 3.63) is 58.1 Å². The van der Waals surface area contributed by atoms with Crippen LogP contribution in [0.3, 0.4) is 0 Å². The van der Waals surface area contributed by atoms with E-state index in [0.717, 1.165) is 5.56 Å². The molecule has 3 amide bonds. The summed E-state index contributed by atoms with van der Waals surface area (Å²) in [5, 5.41) is 3.91. The number of ether oxygens (including phenoxy) is 1. The SMILES string of the molecule is CC(C)C(CN(Cc1ccc(Cl)c(Cl)c1)C(=O)Nc1cccc(N2CCOC2=O)c1)N(C)C. The van der Waals surface area contributed by atoms with Crippen molar-refractivity contribution in [1.82, 2.24) is 9.80 Å². The molecule has 0 aliphatic carbocycles. The standard InChI is InChI=1S/C24H30Cl2N4O3/c1-16(2)22(28(3)4)15-29(14-17-8-9-20(25)21(26)12-17)23(31)27-18-6-5-7-19(13-18)30-10-11-33-24(30)32/h5-9,12-13,16,22H,10-11,14-15H2,1-4H3,(H,27,31). The summed E-state index contributed by atoms with van der Waals surface area (Å²) in [6.07, 6.45) is -0.384. The fraction of sp³-hybridized carbons (Fsp3) is 0.417. The summed E-state index contributed by atoms with van der Waals surface area (Å²) in [4.78, 5) is 30.7. The van der Waals surface area contributed by atoms with E-state index < -0.39 is 0 Å². The number of cyclic esters (lactones) is 1. The van der Waals surface area contributed by atoms with Crippen LogP contribution in [0.2, 0.25) is 10.0 Å². The van der Waals surface area contributed by atoms with E-state index >= 15 is 0 Å². The van der Waals surface area contributed by atoms with Gasteiger partial charge in [0.1, 0.15) is 6.61 Å². The molecule has 1 heterocycles. The van der Waals surface area contributed by atoms with Gasteiger partial charge in [0.25, 0.3) is 0 Å². The second kappa shape index (κ2) is 11.1. The van der Waals surface area contributed by atoms with Crippen LogP contribution in [0.1, 0.15) is 19.4 Å². The van der Waals surface area contributed by atoms with Crippen LogP contribution in [0.25, 0.3) is 0 Å². The number of urea groups is 1. The van der Waals surface area contributed by atoms with Gasteiger partial charge >= 0.3 is 12.1 Å². The minimum absolute atomic E-state index is 0.157. The number of likely N-dealkylation sites (N-methyl/N-ethyl adjacent to an activating group) is 1. The van der Waals surface area contributed by atoms with Crippen molar-refractivity contribution in [3.63, 3.8) is 0 Å². The highest BCUT2D eigenvalue weighted by Crippen LogP contribution is 2.25. The second-order valence-electron chi connectivity index (χ2n) is 8.65. The van der Waals surface area contributed by atoms with E-state index in [-0.39, 0.29) is 18.2 Å². The molecule has 2 aromatic rings. The van der Waals surface area contributed by atoms with Gasteiger partial charge in [0.05, 0.1) is 16.6 Å². The minimum atomic E-state index is -0.384. The van der Waals surface area contributed by atoms with Crippen LogP contribution in [0.15, 0.2) is 42.5 Å². The molecule has 1 aliphatic rings. The third kappa shape index (κ3) is 6.53. The lowest BCUT2D eigenvalue weighted by atomic mass is 10.0. The van der Waals surface area contributed by atoms with E-state index in [1.165, 1.54) is 0 Å². The zero-order valence-corrected chi connectivity index (χ0v) is 20.9. The Morgan fingerprint density at radius 3 is 2.52 bits per heavy atom. The van der Waals surface area contributed by atoms with Crippen LogP contribution < -0.4 is 10.2 Å². The first kappa shape index (κ1) is 25.1. The van der Waals surface area contributed by atoms with Gasteiger partial charge in [-0.15, -0.1) is 0 Å². The number of hydrogen-bond acceptors (Lipinski definition) is 4. The quantitative estimate of drug-likeness (QED) is 0.522. The highest BCUT2D eigenvalue weighted by Gasteiger charge is 2.25. The highest BCUT2D eigenvalue weighted by atomic mass is 35.5. The molecule has 1 saturated heterocycles. The van der Waals surface area contributed by atoms with Gasteiger partial charge in [-0.3, -0.25) is 4.90 Å². The fourth-order valence-corrected chi connectivity index (χ4v) is 4.18. The van der Waals surface area contributed by atoms with Crippen molar-refractivity contribution in [3.8, 4) is 0 Å². The van der Waals surface area contributed by atoms with Gasteiger partial charge in [0, 0.05) is 30.5 Å². The molecule has 33 heavy (non-hydrogen) atoms. The molecule has 0 radical (unpaired) electrons. The molecule has 178 valence electrons. The summed E-state index contributed by atoms with van der Waals surface area (Å²) in [6, 6.07) is 12.5. The van der Waals surface area contributed by atoms with Crippen molar-refractivity contribution >= 4 is 46.7 Å². The molecule has 7 nitrogen and oxygen atoms in total. The van der Waals surface area contributed by atoms with Gasteiger partial charge in [0.15, 0.2) is 0 Å². The molecule has 1 unspecified atom stereocenters. The van der Waals surface area contributed by atoms with Crippen molar-refractivity contribution in [2.24, 2.45) is 5.92 Å². The van der Waals surface area contributed by atoms with Gasteiger partial charge in [-0.2, -0.15) is 0 Å². The molecular weight excluding hydrogens is 463 g/mol. The number of halogens is 2. The molecule has 1 aliphatic heterocycles. The number of anilines is 2. The Labute approximate surface area is 205 Å². The number of nitrogens with one attached hydrogen (secondary N) is 1. The van der Waals surface area contributed by atoms with Crippen molar-refractivity contribution in [2.75, 3.05) is 44.0 Å². The minimum Gasteiger partial charge on any atom is -0.447 e. The maximum absolute atomic E-state index is 13.4. The van der Waals surface area contributed by atoms with Gasteiger partial charge < -0.3 is 19.9 Å². The smallest absolute Gasteiger partial charge is 0.414 e. The van der Waals surface area contributed by atoms with E-state index in [1.54, 1.807) is 40.1 Å². The lowest BCUT2D eigenvalue weighted by Crippen LogP contribution is -2.46. The summed E-state index contributed by atoms with van der Waals surface area (Å²) < 4.78 is 5.02. The molecule has 0 bridgehead atoms. The lowest BCUT2D eigenvalue weighted by Gasteiger charge is -2.34. The Bertz CT molecular complexity index is 991. The number of carbonyl (C=O) groups excluding carboxylic acids is 2. The highest BCUT2D eigenvalue weighted by molar-refractivity contribution is 6.42. The molecular formula is C24H30Cl2N4O3. The Hall–Kier alpha value is -2.48. The van der Waals surface area contributed by atoms with Gasteiger partial charge in [-0.1, -0.05) is 49.2 Å². The molecule has 0 aromatic heterocycles. The van der Waals surface area contributed by atoms with E-state index in [0.29, 0.717) is 53.6 Å². The molecule has 1 fully saturated rings. The maximum atomic E-state index is 13.4. The summed E-state index contributed by atoms with van der Waals surface area (Å²) in [7, 11) is 4.02. The number of amides is 3. The van der Waals surface area contributed by atoms with Crippen molar-refractivity contribution in [2.45, 2.75) is 26.4 Å². The Morgan fingerprint density at radius 2 is 1.91 bits per heavy atom. The molecule has 0 spiro atoms. The third-order valence-electron chi connectivity index (χ3n) is 5.65. The zero-order chi connectivity index (χ0) is 24.1. The summed E-state index contributed by atoms with van der Waals surface area (Å²) in [6.45, 7) is 6.01. The molecule has 0 saturated carbocycles. The fourth-order valence-electron chi connectivity index (χ4n) is 3.86. The van der Waals surface area contributed by atoms with Crippen LogP contribution in [0.4, 0.5) is 21.0 Å². The number of rotatable bonds is 8. The van der Waals surface area contributed by atoms with Crippen LogP contribution >= 0.6 is 23.2 Å². The molecule has 3 rings (SSSR count). The van der Waals surface area contributed by atoms with Gasteiger partial charge in [-0.05, 0) is 55.9 Å². The zero-order valence-electron chi connectivity index (χ0n) is 19.3. The van der Waals surface area contributed by atoms with Gasteiger partial charge in [-0.25, -0.2) is 9.59 Å². The Balaban J connectivity index is 1.82. The summed E-state index contributed by atoms with van der Waals surface area (Å²) in [5.74, 6) is 0.341. The predicted molar refractivity (Wildman–Crippen MR) is 133 cm³/mol. The maximum Gasteiger partial charge on any atom is 0.414 e. The lowest BCUT2D eigenvalue weighted by molar-refractivity contribution is 0.155. The van der Waals surface area contributed by atoms with Crippen LogP contribution in [0, 0.1) is 5.92 Å². The first-order valence-electron chi connectivity index (χ1n) is 10.9. The monoisotopic (exact) mass is 492 g/mol. The predicted octanol–water partition coefficient (Wildman–Crippen LogP) is 5.57. The largest absolute Gasteiger partial charge is 0.447 e. The number of carbonyl (C=O) groups is 2. The summed E-state index contributed by atoms with van der Waals surface area (Å²) >= 11 is 12.3. The number of hydrogen-bond donors (Lipinski definition) is 1. The molecule has 9 heteroatoms. The topological polar surface area (TPSA) is 65.1 Å². The van der Waals surface area contributed by atoms with Crippen LogP contribution in [-0.4, -0.2) is 61.8 Å². The first-order valence-corrected chi connectivity index (χ1v) is 11.6. The Kier molecular flexibility index (Phi) is 8.46. The Morgan fingerprint density at radius 1 is 1.15 bits per heavy atom.